The zero-order valence-corrected chi connectivity index (χ0v) is 12.7. The Morgan fingerprint density at radius 2 is 1.95 bits per heavy atom. The summed E-state index contributed by atoms with van der Waals surface area (Å²) in [5.74, 6) is 0. The van der Waals surface area contributed by atoms with Gasteiger partial charge in [0.15, 0.2) is 0 Å². The van der Waals surface area contributed by atoms with Gasteiger partial charge in [0.25, 0.3) is 0 Å². The Kier molecular flexibility index (Phi) is 5.12. The lowest BCUT2D eigenvalue weighted by Crippen LogP contribution is -2.20. The molecular weight excluding hydrogens is 232 g/mol. The molecule has 1 N–H and O–H groups in total. The van der Waals surface area contributed by atoms with Gasteiger partial charge in [0, 0.05) is 30.5 Å². The summed E-state index contributed by atoms with van der Waals surface area (Å²) < 4.78 is 0. The maximum Gasteiger partial charge on any atom is 0.0373 e. The smallest absolute Gasteiger partial charge is 0.0373 e. The summed E-state index contributed by atoms with van der Waals surface area (Å²) in [7, 11) is 0. The minimum Gasteiger partial charge on any atom is -0.382 e. The summed E-state index contributed by atoms with van der Waals surface area (Å²) in [5, 5.41) is 3.70. The number of hydrogen-bond donors (Lipinski definition) is 1. The molecule has 0 aromatic heterocycles. The predicted octanol–water partition coefficient (Wildman–Crippen LogP) is 4.59. The number of hydrogen-bond acceptors (Lipinski definition) is 2. The maximum atomic E-state index is 3.70. The third-order valence-corrected chi connectivity index (χ3v) is 4.17. The lowest BCUT2D eigenvalue weighted by Gasteiger charge is -2.22. The monoisotopic (exact) mass is 260 g/mol. The van der Waals surface area contributed by atoms with Crippen LogP contribution in [-0.2, 0) is 0 Å². The minimum atomic E-state index is 0.612. The van der Waals surface area contributed by atoms with Gasteiger partial charge < -0.3 is 10.2 Å². The van der Waals surface area contributed by atoms with E-state index in [-0.39, 0.29) is 0 Å². The van der Waals surface area contributed by atoms with Crippen LogP contribution in [0.15, 0.2) is 18.2 Å². The average Bonchev–Trinajstić information content (AvgIpc) is 2.94. The van der Waals surface area contributed by atoms with E-state index in [1.807, 2.05) is 0 Å². The van der Waals surface area contributed by atoms with Crippen molar-refractivity contribution in [2.45, 2.75) is 58.9 Å². The first kappa shape index (κ1) is 14.2. The molecule has 0 amide bonds. The quantitative estimate of drug-likeness (QED) is 0.805. The second-order valence-electron chi connectivity index (χ2n) is 5.73. The van der Waals surface area contributed by atoms with E-state index in [4.69, 9.17) is 0 Å². The van der Waals surface area contributed by atoms with Crippen LogP contribution in [0.5, 0.6) is 0 Å². The van der Waals surface area contributed by atoms with Crippen molar-refractivity contribution in [3.8, 4) is 0 Å². The van der Waals surface area contributed by atoms with Crippen molar-refractivity contribution >= 4 is 11.4 Å². The highest BCUT2D eigenvalue weighted by Gasteiger charge is 2.13. The molecule has 0 radical (unpaired) electrons. The van der Waals surface area contributed by atoms with Gasteiger partial charge in [-0.25, -0.2) is 0 Å². The summed E-state index contributed by atoms with van der Waals surface area (Å²) in [6.07, 6.45) is 6.38. The second-order valence-corrected chi connectivity index (χ2v) is 5.73. The fourth-order valence-corrected chi connectivity index (χ4v) is 2.93. The lowest BCUT2D eigenvalue weighted by molar-refractivity contribution is 0.622. The van der Waals surface area contributed by atoms with Gasteiger partial charge >= 0.3 is 0 Å². The number of nitrogens with one attached hydrogen (secondary N) is 1. The molecular formula is C17H28N2. The number of rotatable bonds is 6. The molecule has 1 atom stereocenters. The van der Waals surface area contributed by atoms with Gasteiger partial charge in [-0.1, -0.05) is 20.3 Å². The van der Waals surface area contributed by atoms with Gasteiger partial charge in [0.05, 0.1) is 0 Å². The van der Waals surface area contributed by atoms with E-state index in [0.29, 0.717) is 6.04 Å². The number of aryl methyl sites for hydroxylation is 1. The van der Waals surface area contributed by atoms with E-state index in [1.165, 1.54) is 62.1 Å². The summed E-state index contributed by atoms with van der Waals surface area (Å²) in [6.45, 7) is 9.19. The highest BCUT2D eigenvalue weighted by atomic mass is 15.1. The molecule has 1 aliphatic heterocycles. The third kappa shape index (κ3) is 3.65. The molecule has 2 rings (SSSR count). The molecule has 1 aromatic rings. The summed E-state index contributed by atoms with van der Waals surface area (Å²) in [6, 6.07) is 7.49. The first-order chi connectivity index (χ1) is 9.24. The van der Waals surface area contributed by atoms with Crippen LogP contribution >= 0.6 is 0 Å². The van der Waals surface area contributed by atoms with E-state index in [9.17, 15) is 0 Å². The number of nitrogens with zero attached hydrogens (tertiary/aromatic N) is 1. The van der Waals surface area contributed by atoms with Crippen molar-refractivity contribution in [2.24, 2.45) is 0 Å². The highest BCUT2D eigenvalue weighted by molar-refractivity contribution is 5.60. The van der Waals surface area contributed by atoms with Gasteiger partial charge in [-0.3, -0.25) is 0 Å². The van der Waals surface area contributed by atoms with Crippen LogP contribution < -0.4 is 10.2 Å². The Bertz CT molecular complexity index is 394. The molecule has 1 unspecified atom stereocenters. The standard InChI is InChI=1S/C17H28N2/c1-4-8-15(5-2)18-17-10-9-16(13-14(17)3)19-11-6-7-12-19/h9-10,13,15,18H,4-8,11-12H2,1-3H3. The van der Waals surface area contributed by atoms with Crippen LogP contribution in [-0.4, -0.2) is 19.1 Å². The van der Waals surface area contributed by atoms with E-state index < -0.39 is 0 Å². The first-order valence-electron chi connectivity index (χ1n) is 7.86. The molecule has 0 bridgehead atoms. The van der Waals surface area contributed by atoms with Crippen LogP contribution in [0.1, 0.15) is 51.5 Å². The minimum absolute atomic E-state index is 0.612. The molecule has 19 heavy (non-hydrogen) atoms. The Morgan fingerprint density at radius 3 is 2.53 bits per heavy atom. The molecule has 1 aromatic carbocycles. The zero-order chi connectivity index (χ0) is 13.7. The van der Waals surface area contributed by atoms with Crippen LogP contribution in [0.2, 0.25) is 0 Å². The van der Waals surface area contributed by atoms with Crippen LogP contribution in [0.25, 0.3) is 0 Å². The molecule has 2 nitrogen and oxygen atoms in total. The number of benzene rings is 1. The van der Waals surface area contributed by atoms with Gasteiger partial charge in [-0.2, -0.15) is 0 Å². The molecule has 0 saturated carbocycles. The molecule has 0 spiro atoms. The highest BCUT2D eigenvalue weighted by Crippen LogP contribution is 2.26. The normalized spacial score (nSPS) is 16.7. The summed E-state index contributed by atoms with van der Waals surface area (Å²) >= 11 is 0. The van der Waals surface area contributed by atoms with Crippen molar-refractivity contribution < 1.29 is 0 Å². The Morgan fingerprint density at radius 1 is 1.21 bits per heavy atom. The van der Waals surface area contributed by atoms with Crippen molar-refractivity contribution in [2.75, 3.05) is 23.3 Å². The predicted molar refractivity (Wildman–Crippen MR) is 85.2 cm³/mol. The van der Waals surface area contributed by atoms with Crippen LogP contribution in [0.4, 0.5) is 11.4 Å². The third-order valence-electron chi connectivity index (χ3n) is 4.17. The van der Waals surface area contributed by atoms with Crippen molar-refractivity contribution in [1.82, 2.24) is 0 Å². The first-order valence-corrected chi connectivity index (χ1v) is 7.86. The molecule has 1 fully saturated rings. The number of anilines is 2. The van der Waals surface area contributed by atoms with Crippen LogP contribution in [0, 0.1) is 6.92 Å². The summed E-state index contributed by atoms with van der Waals surface area (Å²) in [4.78, 5) is 2.50. The van der Waals surface area contributed by atoms with E-state index >= 15 is 0 Å². The summed E-state index contributed by atoms with van der Waals surface area (Å²) in [5.41, 5.74) is 4.08. The SMILES string of the molecule is CCCC(CC)Nc1ccc(N2CCCC2)cc1C. The molecule has 1 saturated heterocycles. The zero-order valence-electron chi connectivity index (χ0n) is 12.7. The largest absolute Gasteiger partial charge is 0.382 e. The fraction of sp³-hybridized carbons (Fsp3) is 0.647. The molecule has 1 heterocycles. The van der Waals surface area contributed by atoms with E-state index in [0.717, 1.165) is 0 Å². The Labute approximate surface area is 118 Å². The Balaban J connectivity index is 2.05. The second kappa shape index (κ2) is 6.83. The van der Waals surface area contributed by atoms with Crippen LogP contribution in [0.3, 0.4) is 0 Å². The molecule has 106 valence electrons. The molecule has 1 aliphatic rings. The molecule has 2 heteroatoms. The fourth-order valence-electron chi connectivity index (χ4n) is 2.93. The lowest BCUT2D eigenvalue weighted by atomic mass is 10.1. The molecule has 0 aliphatic carbocycles. The average molecular weight is 260 g/mol. The van der Waals surface area contributed by atoms with Gasteiger partial charge in [-0.15, -0.1) is 0 Å². The van der Waals surface area contributed by atoms with Crippen molar-refractivity contribution in [3.63, 3.8) is 0 Å². The van der Waals surface area contributed by atoms with Crippen molar-refractivity contribution in [1.29, 1.82) is 0 Å². The Hall–Kier alpha value is -1.18. The van der Waals surface area contributed by atoms with E-state index in [2.05, 4.69) is 49.2 Å². The van der Waals surface area contributed by atoms with Gasteiger partial charge in [0.1, 0.15) is 0 Å². The topological polar surface area (TPSA) is 15.3 Å². The van der Waals surface area contributed by atoms with E-state index in [1.54, 1.807) is 0 Å². The van der Waals surface area contributed by atoms with Gasteiger partial charge in [-0.05, 0) is 56.4 Å². The maximum absolute atomic E-state index is 3.70. The van der Waals surface area contributed by atoms with Gasteiger partial charge in [0.2, 0.25) is 0 Å². The van der Waals surface area contributed by atoms with Crippen molar-refractivity contribution in [3.05, 3.63) is 23.8 Å².